The van der Waals surface area contributed by atoms with Crippen LogP contribution in [0.15, 0.2) is 36.5 Å². The van der Waals surface area contributed by atoms with Crippen LogP contribution in [0.1, 0.15) is 277 Å². The lowest BCUT2D eigenvalue weighted by Crippen LogP contribution is -2.60. The number of amides is 1. The molecule has 0 spiro atoms. The molecule has 1 heterocycles. The van der Waals surface area contributed by atoms with E-state index >= 15 is 0 Å². The predicted molar refractivity (Wildman–Crippen MR) is 297 cm³/mol. The van der Waals surface area contributed by atoms with Crippen molar-refractivity contribution in [2.24, 2.45) is 0 Å². The zero-order valence-electron chi connectivity index (χ0n) is 46.4. The van der Waals surface area contributed by atoms with Crippen molar-refractivity contribution in [3.05, 3.63) is 36.5 Å². The molecule has 422 valence electrons. The van der Waals surface area contributed by atoms with E-state index < -0.39 is 49.5 Å². The maximum absolute atomic E-state index is 13.0. The lowest BCUT2D eigenvalue weighted by Gasteiger charge is -2.40. The average Bonchev–Trinajstić information content (AvgIpc) is 3.38. The number of hydrogen-bond donors (Lipinski definition) is 6. The minimum atomic E-state index is -1.57. The van der Waals surface area contributed by atoms with Crippen molar-refractivity contribution in [1.82, 2.24) is 5.32 Å². The van der Waals surface area contributed by atoms with Gasteiger partial charge in [-0.2, -0.15) is 0 Å². The molecule has 1 rings (SSSR count). The number of esters is 1. The summed E-state index contributed by atoms with van der Waals surface area (Å²) in [4.78, 5) is 25.0. The van der Waals surface area contributed by atoms with Gasteiger partial charge in [0.25, 0.3) is 0 Å². The molecule has 72 heavy (non-hydrogen) atoms. The fourth-order valence-electron chi connectivity index (χ4n) is 9.43. The number of carbonyl (C=O) groups excluding carboxylic acids is 2. The van der Waals surface area contributed by atoms with Crippen LogP contribution in [-0.4, -0.2) is 100 Å². The Hall–Kier alpha value is -2.12. The second kappa shape index (κ2) is 51.0. The highest BCUT2D eigenvalue weighted by molar-refractivity contribution is 5.76. The molecule has 7 atom stereocenters. The molecular weight excluding hydrogens is 907 g/mol. The molecule has 1 aliphatic rings. The molecule has 1 aliphatic heterocycles. The Morgan fingerprint density at radius 2 is 0.917 bits per heavy atom. The number of unbranched alkanes of at least 4 members (excludes halogenated alkanes) is 35. The molecule has 6 N–H and O–H groups in total. The topological polar surface area (TPSA) is 175 Å². The molecular formula is C61H113NO10. The van der Waals surface area contributed by atoms with E-state index in [4.69, 9.17) is 14.2 Å². The van der Waals surface area contributed by atoms with Gasteiger partial charge in [-0.3, -0.25) is 9.59 Å². The van der Waals surface area contributed by atoms with E-state index in [-0.39, 0.29) is 18.5 Å². The number of aliphatic hydroxyl groups is 5. The van der Waals surface area contributed by atoms with Crippen molar-refractivity contribution in [1.29, 1.82) is 0 Å². The van der Waals surface area contributed by atoms with Gasteiger partial charge in [0.05, 0.1) is 32.0 Å². The molecule has 0 aromatic rings. The summed E-state index contributed by atoms with van der Waals surface area (Å²) < 4.78 is 16.7. The summed E-state index contributed by atoms with van der Waals surface area (Å²) in [6.45, 7) is 4.30. The van der Waals surface area contributed by atoms with Crippen molar-refractivity contribution in [2.75, 3.05) is 19.8 Å². The Labute approximate surface area is 441 Å². The van der Waals surface area contributed by atoms with E-state index in [1.54, 1.807) is 6.08 Å². The van der Waals surface area contributed by atoms with E-state index in [0.29, 0.717) is 19.4 Å². The SMILES string of the molecule is CCCCCCCCCCCCCC/C=C/C(O)C(COC1OC(CO)C(O)C(O)C1O)NC(=O)CCCCCCCCCCCC/C=C\C=C/CCCCCOC(=O)CCCCCCCCCCCCC. The first-order chi connectivity index (χ1) is 35.2. The van der Waals surface area contributed by atoms with E-state index in [9.17, 15) is 35.1 Å². The molecule has 1 fully saturated rings. The smallest absolute Gasteiger partial charge is 0.305 e. The number of ether oxygens (including phenoxy) is 3. The second-order valence-electron chi connectivity index (χ2n) is 21.1. The van der Waals surface area contributed by atoms with Gasteiger partial charge in [0.15, 0.2) is 6.29 Å². The van der Waals surface area contributed by atoms with Crippen LogP contribution in [0.25, 0.3) is 0 Å². The number of aliphatic hydroxyl groups excluding tert-OH is 5. The van der Waals surface area contributed by atoms with Crippen LogP contribution in [0.2, 0.25) is 0 Å². The Bertz CT molecular complexity index is 1290. The zero-order chi connectivity index (χ0) is 52.4. The molecule has 7 unspecified atom stereocenters. The normalized spacial score (nSPS) is 19.2. The average molecular weight is 1020 g/mol. The van der Waals surface area contributed by atoms with Crippen molar-refractivity contribution >= 4 is 11.9 Å². The van der Waals surface area contributed by atoms with Gasteiger partial charge in [-0.25, -0.2) is 0 Å². The summed E-state index contributed by atoms with van der Waals surface area (Å²) in [6, 6.07) is -0.818. The van der Waals surface area contributed by atoms with Crippen LogP contribution in [0.5, 0.6) is 0 Å². The summed E-state index contributed by atoms with van der Waals surface area (Å²) in [5, 5.41) is 54.4. The fourth-order valence-corrected chi connectivity index (χ4v) is 9.43. The Kier molecular flexibility index (Phi) is 48.1. The molecule has 0 bridgehead atoms. The van der Waals surface area contributed by atoms with Gasteiger partial charge in [0.1, 0.15) is 24.4 Å². The maximum Gasteiger partial charge on any atom is 0.305 e. The Balaban J connectivity index is 2.14. The first-order valence-electron chi connectivity index (χ1n) is 30.3. The van der Waals surface area contributed by atoms with Gasteiger partial charge in [-0.1, -0.05) is 237 Å². The van der Waals surface area contributed by atoms with E-state index in [2.05, 4.69) is 43.5 Å². The quantitative estimate of drug-likeness (QED) is 0.0149. The number of carbonyl (C=O) groups is 2. The van der Waals surface area contributed by atoms with Crippen molar-refractivity contribution < 1.29 is 49.3 Å². The molecule has 0 saturated carbocycles. The molecule has 0 aliphatic carbocycles. The van der Waals surface area contributed by atoms with Crippen LogP contribution < -0.4 is 5.32 Å². The van der Waals surface area contributed by atoms with E-state index in [0.717, 1.165) is 89.9 Å². The predicted octanol–water partition coefficient (Wildman–Crippen LogP) is 13.9. The van der Waals surface area contributed by atoms with Gasteiger partial charge in [-0.15, -0.1) is 0 Å². The molecule has 0 radical (unpaired) electrons. The van der Waals surface area contributed by atoms with Crippen LogP contribution in [0.4, 0.5) is 0 Å². The van der Waals surface area contributed by atoms with Crippen molar-refractivity contribution in [3.63, 3.8) is 0 Å². The lowest BCUT2D eigenvalue weighted by atomic mass is 9.99. The molecule has 11 heteroatoms. The fraction of sp³-hybridized carbons (Fsp3) is 0.869. The first kappa shape index (κ1) is 67.9. The highest BCUT2D eigenvalue weighted by atomic mass is 16.7. The van der Waals surface area contributed by atoms with Gasteiger partial charge < -0.3 is 45.1 Å². The summed E-state index contributed by atoms with van der Waals surface area (Å²) in [6.07, 6.45) is 52.3. The van der Waals surface area contributed by atoms with Crippen molar-refractivity contribution in [3.8, 4) is 0 Å². The van der Waals surface area contributed by atoms with Gasteiger partial charge in [0, 0.05) is 12.8 Å². The minimum absolute atomic E-state index is 0.0286. The third-order valence-electron chi connectivity index (χ3n) is 14.3. The number of rotatable bonds is 52. The van der Waals surface area contributed by atoms with Gasteiger partial charge in [0.2, 0.25) is 5.91 Å². The molecule has 0 aromatic heterocycles. The Morgan fingerprint density at radius 3 is 1.38 bits per heavy atom. The van der Waals surface area contributed by atoms with Crippen LogP contribution in [-0.2, 0) is 23.8 Å². The highest BCUT2D eigenvalue weighted by Gasteiger charge is 2.44. The molecule has 0 aromatic carbocycles. The lowest BCUT2D eigenvalue weighted by molar-refractivity contribution is -0.302. The highest BCUT2D eigenvalue weighted by Crippen LogP contribution is 2.23. The summed E-state index contributed by atoms with van der Waals surface area (Å²) >= 11 is 0. The van der Waals surface area contributed by atoms with E-state index in [1.807, 2.05) is 6.08 Å². The second-order valence-corrected chi connectivity index (χ2v) is 21.1. The van der Waals surface area contributed by atoms with Crippen molar-refractivity contribution in [2.45, 2.75) is 320 Å². The number of nitrogens with one attached hydrogen (secondary N) is 1. The van der Waals surface area contributed by atoms with Gasteiger partial charge >= 0.3 is 5.97 Å². The molecule has 1 saturated heterocycles. The van der Waals surface area contributed by atoms with E-state index in [1.165, 1.54) is 161 Å². The molecule has 11 nitrogen and oxygen atoms in total. The maximum atomic E-state index is 13.0. The monoisotopic (exact) mass is 1020 g/mol. The third kappa shape index (κ3) is 40.2. The first-order valence-corrected chi connectivity index (χ1v) is 30.3. The Morgan fingerprint density at radius 1 is 0.514 bits per heavy atom. The van der Waals surface area contributed by atoms with Crippen LogP contribution in [0, 0.1) is 0 Å². The van der Waals surface area contributed by atoms with Crippen LogP contribution >= 0.6 is 0 Å². The largest absolute Gasteiger partial charge is 0.466 e. The summed E-state index contributed by atoms with van der Waals surface area (Å²) in [7, 11) is 0. The summed E-state index contributed by atoms with van der Waals surface area (Å²) in [5.41, 5.74) is 0. The van der Waals surface area contributed by atoms with Crippen LogP contribution in [0.3, 0.4) is 0 Å². The zero-order valence-corrected chi connectivity index (χ0v) is 46.4. The molecule has 1 amide bonds. The standard InChI is InChI=1S/C61H113NO10/c1-3-5-7-9-11-13-15-16-24-28-31-35-39-43-47-54(64)53(52-71-61-60(69)59(68)58(67)55(51-63)72-61)62-56(65)48-44-40-36-32-29-25-22-20-18-17-19-21-23-26-30-34-38-42-46-50-70-57(66)49-45-41-37-33-27-14-12-10-8-6-4-2/h21,23,26,30,43,47,53-55,58-61,63-64,67-69H,3-20,22,24-25,27-29,31-42,44-46,48-52H2,1-2H3,(H,62,65)/b23-21-,30-26-,47-43+. The minimum Gasteiger partial charge on any atom is -0.466 e. The number of allylic oxidation sites excluding steroid dienone is 5. The van der Waals surface area contributed by atoms with Gasteiger partial charge in [-0.05, 0) is 64.2 Å². The summed E-state index contributed by atoms with van der Waals surface area (Å²) in [5.74, 6) is -0.219. The third-order valence-corrected chi connectivity index (χ3v) is 14.3. The number of hydrogen-bond acceptors (Lipinski definition) is 10.